The fraction of sp³-hybridized carbons (Fsp3) is 0. The number of oxazole rings is 1. The zero-order valence-corrected chi connectivity index (χ0v) is 5.64. The normalized spacial score (nSPS) is 9.82. The van der Waals surface area contributed by atoms with Crippen molar-refractivity contribution in [1.82, 2.24) is 15.0 Å². The molecule has 0 saturated heterocycles. The Morgan fingerprint density at radius 1 is 1.09 bits per heavy atom. The Balaban J connectivity index is 2.46. The van der Waals surface area contributed by atoms with Crippen molar-refractivity contribution in [2.45, 2.75) is 0 Å². The molecule has 2 rings (SSSR count). The molecule has 0 aliphatic carbocycles. The van der Waals surface area contributed by atoms with Gasteiger partial charge in [0.2, 0.25) is 0 Å². The molecule has 0 fully saturated rings. The van der Waals surface area contributed by atoms with Gasteiger partial charge in [0.25, 0.3) is 0 Å². The summed E-state index contributed by atoms with van der Waals surface area (Å²) in [5.41, 5.74) is 0.658. The van der Waals surface area contributed by atoms with E-state index in [9.17, 15) is 0 Å². The quantitative estimate of drug-likeness (QED) is 0.606. The van der Waals surface area contributed by atoms with Crippen LogP contribution in [0.15, 0.2) is 35.5 Å². The van der Waals surface area contributed by atoms with Gasteiger partial charge in [0.15, 0.2) is 12.2 Å². The minimum absolute atomic E-state index is 0.584. The predicted octanol–water partition coefficient (Wildman–Crippen LogP) is 1.13. The third kappa shape index (κ3) is 1.10. The lowest BCUT2D eigenvalue weighted by Crippen LogP contribution is -1.85. The largest absolute Gasteiger partial charge is 0.451 e. The minimum Gasteiger partial charge on any atom is -0.451 e. The van der Waals surface area contributed by atoms with Crippen LogP contribution in [0.3, 0.4) is 0 Å². The first kappa shape index (κ1) is 6.03. The average Bonchev–Trinajstić information content (AvgIpc) is 2.58. The fourth-order valence-corrected chi connectivity index (χ4v) is 0.754. The van der Waals surface area contributed by atoms with Gasteiger partial charge in [-0.25, -0.2) is 15.0 Å². The monoisotopic (exact) mass is 147 g/mol. The highest BCUT2D eigenvalue weighted by molar-refractivity contribution is 5.44. The maximum atomic E-state index is 4.78. The first-order chi connectivity index (χ1) is 5.47. The second-order valence-corrected chi connectivity index (χ2v) is 1.95. The highest BCUT2D eigenvalue weighted by Crippen LogP contribution is 2.08. The van der Waals surface area contributed by atoms with E-state index in [4.69, 9.17) is 4.42 Å². The average molecular weight is 147 g/mol. The summed E-state index contributed by atoms with van der Waals surface area (Å²) in [4.78, 5) is 11.9. The maximum absolute atomic E-state index is 4.78. The lowest BCUT2D eigenvalue weighted by molar-refractivity contribution is 0.558. The summed E-state index contributed by atoms with van der Waals surface area (Å²) in [6.45, 7) is 0. The molecule has 54 valence electrons. The van der Waals surface area contributed by atoms with Crippen molar-refractivity contribution in [3.05, 3.63) is 31.1 Å². The Labute approximate surface area is 62.9 Å². The Kier molecular flexibility index (Phi) is 1.37. The van der Waals surface area contributed by atoms with Gasteiger partial charge in [-0.15, -0.1) is 0 Å². The summed E-state index contributed by atoms with van der Waals surface area (Å²) in [5.74, 6) is 0.584. The topological polar surface area (TPSA) is 51.8 Å². The summed E-state index contributed by atoms with van der Waals surface area (Å²) in [5, 5.41) is 0. The van der Waals surface area contributed by atoms with Crippen molar-refractivity contribution in [2.75, 3.05) is 0 Å². The molecule has 0 amide bonds. The molecular weight excluding hydrogens is 142 g/mol. The van der Waals surface area contributed by atoms with Gasteiger partial charge in [-0.2, -0.15) is 0 Å². The zero-order chi connectivity index (χ0) is 7.52. The third-order valence-electron chi connectivity index (χ3n) is 1.23. The van der Waals surface area contributed by atoms with E-state index in [1.807, 2.05) is 0 Å². The second-order valence-electron chi connectivity index (χ2n) is 1.95. The van der Waals surface area contributed by atoms with E-state index in [0.717, 1.165) is 0 Å². The van der Waals surface area contributed by atoms with Crippen LogP contribution in [0.4, 0.5) is 0 Å². The zero-order valence-electron chi connectivity index (χ0n) is 5.64. The molecule has 0 atom stereocenters. The molecule has 4 nitrogen and oxygen atoms in total. The van der Waals surface area contributed by atoms with Crippen LogP contribution in [0, 0.1) is 0 Å². The summed E-state index contributed by atoms with van der Waals surface area (Å²) < 4.78 is 4.78. The highest BCUT2D eigenvalue weighted by Gasteiger charge is 2.00. The molecular formula is C7H5N3O. The van der Waals surface area contributed by atoms with Crippen LogP contribution in [0.2, 0.25) is 0 Å². The summed E-state index contributed by atoms with van der Waals surface area (Å²) in [6, 6.07) is 1.75. The van der Waals surface area contributed by atoms with Gasteiger partial charge >= 0.3 is 0 Å². The molecule has 0 radical (unpaired) electrons. The number of hydrogen-bond donors (Lipinski definition) is 0. The van der Waals surface area contributed by atoms with Crippen LogP contribution in [0.25, 0.3) is 11.5 Å². The molecule has 2 aromatic heterocycles. The SMILES string of the molecule is c1cnc(-c2cocn2)nc1. The minimum atomic E-state index is 0.584. The van der Waals surface area contributed by atoms with Gasteiger partial charge in [0.1, 0.15) is 12.0 Å². The number of aromatic nitrogens is 3. The van der Waals surface area contributed by atoms with Gasteiger partial charge in [0.05, 0.1) is 0 Å². The predicted molar refractivity (Wildman–Crippen MR) is 37.5 cm³/mol. The molecule has 11 heavy (non-hydrogen) atoms. The van der Waals surface area contributed by atoms with Crippen LogP contribution >= 0.6 is 0 Å². The fourth-order valence-electron chi connectivity index (χ4n) is 0.754. The molecule has 0 unspecified atom stereocenters. The van der Waals surface area contributed by atoms with E-state index in [1.165, 1.54) is 12.7 Å². The standard InChI is InChI=1S/C7H5N3O/c1-2-8-7(9-3-1)6-4-11-5-10-6/h1-5H. The highest BCUT2D eigenvalue weighted by atomic mass is 16.3. The van der Waals surface area contributed by atoms with Crippen molar-refractivity contribution >= 4 is 0 Å². The van der Waals surface area contributed by atoms with Crippen molar-refractivity contribution in [2.24, 2.45) is 0 Å². The lowest BCUT2D eigenvalue weighted by atomic mass is 10.4. The molecule has 0 bridgehead atoms. The van der Waals surface area contributed by atoms with Crippen molar-refractivity contribution in [1.29, 1.82) is 0 Å². The van der Waals surface area contributed by atoms with Gasteiger partial charge in [0, 0.05) is 12.4 Å². The van der Waals surface area contributed by atoms with Crippen LogP contribution in [0.1, 0.15) is 0 Å². The smallest absolute Gasteiger partial charge is 0.181 e. The molecule has 4 heteroatoms. The summed E-state index contributed by atoms with van der Waals surface area (Å²) in [7, 11) is 0. The van der Waals surface area contributed by atoms with E-state index in [2.05, 4.69) is 15.0 Å². The van der Waals surface area contributed by atoms with Crippen molar-refractivity contribution in [3.8, 4) is 11.5 Å². The van der Waals surface area contributed by atoms with Crippen molar-refractivity contribution in [3.63, 3.8) is 0 Å². The molecule has 2 heterocycles. The number of rotatable bonds is 1. The Hall–Kier alpha value is -1.71. The van der Waals surface area contributed by atoms with E-state index < -0.39 is 0 Å². The molecule has 0 aromatic carbocycles. The molecule has 2 aromatic rings. The first-order valence-electron chi connectivity index (χ1n) is 3.12. The van der Waals surface area contributed by atoms with E-state index in [-0.39, 0.29) is 0 Å². The second kappa shape index (κ2) is 2.49. The molecule has 0 aliphatic rings. The molecule has 0 spiro atoms. The number of hydrogen-bond acceptors (Lipinski definition) is 4. The summed E-state index contributed by atoms with van der Waals surface area (Å²) in [6.07, 6.45) is 6.19. The Morgan fingerprint density at radius 2 is 1.91 bits per heavy atom. The molecule has 0 N–H and O–H groups in total. The molecule has 0 saturated carbocycles. The Bertz CT molecular complexity index is 317. The van der Waals surface area contributed by atoms with E-state index in [1.54, 1.807) is 18.5 Å². The summed E-state index contributed by atoms with van der Waals surface area (Å²) >= 11 is 0. The van der Waals surface area contributed by atoms with E-state index in [0.29, 0.717) is 11.5 Å². The van der Waals surface area contributed by atoms with Crippen LogP contribution in [-0.2, 0) is 0 Å². The van der Waals surface area contributed by atoms with Gasteiger partial charge < -0.3 is 4.42 Å². The van der Waals surface area contributed by atoms with Crippen molar-refractivity contribution < 1.29 is 4.42 Å². The van der Waals surface area contributed by atoms with Gasteiger partial charge in [-0.1, -0.05) is 0 Å². The maximum Gasteiger partial charge on any atom is 0.181 e. The number of nitrogens with zero attached hydrogens (tertiary/aromatic N) is 3. The van der Waals surface area contributed by atoms with E-state index >= 15 is 0 Å². The Morgan fingerprint density at radius 3 is 2.55 bits per heavy atom. The van der Waals surface area contributed by atoms with Crippen LogP contribution in [0.5, 0.6) is 0 Å². The van der Waals surface area contributed by atoms with Crippen LogP contribution in [-0.4, -0.2) is 15.0 Å². The molecule has 0 aliphatic heterocycles. The lowest BCUT2D eigenvalue weighted by Gasteiger charge is -1.88. The van der Waals surface area contributed by atoms with Gasteiger partial charge in [-0.05, 0) is 6.07 Å². The third-order valence-corrected chi connectivity index (χ3v) is 1.23. The van der Waals surface area contributed by atoms with Crippen LogP contribution < -0.4 is 0 Å². The van der Waals surface area contributed by atoms with Gasteiger partial charge in [-0.3, -0.25) is 0 Å². The first-order valence-corrected chi connectivity index (χ1v) is 3.12.